The van der Waals surface area contributed by atoms with E-state index in [2.05, 4.69) is 15.6 Å². The van der Waals surface area contributed by atoms with E-state index in [1.54, 1.807) is 13.3 Å². The van der Waals surface area contributed by atoms with Crippen LogP contribution in [0, 0.1) is 0 Å². The third-order valence-corrected chi connectivity index (χ3v) is 4.52. The highest BCUT2D eigenvalue weighted by molar-refractivity contribution is 5.98. The Balaban J connectivity index is 1.79. The standard InChI is InChI=1S/C22H25N3O2/c1-3-23-14-21(17-6-4-16(5-7-17)15-27-2)22(26)25-20-9-8-19-13-24-11-10-18(19)12-20/h4-13,21,23H,3,14-15H2,1-2H3,(H,25,26). The molecule has 1 amide bonds. The number of nitrogens with one attached hydrogen (secondary N) is 2. The minimum Gasteiger partial charge on any atom is -0.380 e. The molecule has 0 aliphatic heterocycles. The van der Waals surface area contributed by atoms with Crippen molar-refractivity contribution in [1.29, 1.82) is 0 Å². The number of carbonyl (C=O) groups is 1. The van der Waals surface area contributed by atoms with Crippen LogP contribution in [-0.2, 0) is 16.1 Å². The molecular formula is C22H25N3O2. The van der Waals surface area contributed by atoms with Crippen molar-refractivity contribution in [3.8, 4) is 0 Å². The third kappa shape index (κ3) is 4.90. The monoisotopic (exact) mass is 363 g/mol. The van der Waals surface area contributed by atoms with E-state index in [-0.39, 0.29) is 11.8 Å². The predicted molar refractivity (Wildman–Crippen MR) is 109 cm³/mol. The van der Waals surface area contributed by atoms with Crippen molar-refractivity contribution in [3.63, 3.8) is 0 Å². The van der Waals surface area contributed by atoms with Crippen LogP contribution >= 0.6 is 0 Å². The number of hydrogen-bond acceptors (Lipinski definition) is 4. The van der Waals surface area contributed by atoms with Gasteiger partial charge in [0.15, 0.2) is 0 Å². The largest absolute Gasteiger partial charge is 0.380 e. The number of methoxy groups -OCH3 is 1. The van der Waals surface area contributed by atoms with E-state index in [4.69, 9.17) is 4.74 Å². The summed E-state index contributed by atoms with van der Waals surface area (Å²) in [6.07, 6.45) is 3.57. The second-order valence-corrected chi connectivity index (χ2v) is 6.46. The first kappa shape index (κ1) is 19.0. The van der Waals surface area contributed by atoms with Crippen molar-refractivity contribution in [2.75, 3.05) is 25.5 Å². The Hall–Kier alpha value is -2.76. The summed E-state index contributed by atoms with van der Waals surface area (Å²) in [6.45, 7) is 4.00. The van der Waals surface area contributed by atoms with Gasteiger partial charge in [-0.1, -0.05) is 37.3 Å². The first-order valence-corrected chi connectivity index (χ1v) is 9.14. The van der Waals surface area contributed by atoms with E-state index in [1.165, 1.54) is 0 Å². The number of nitrogens with zero attached hydrogens (tertiary/aromatic N) is 1. The van der Waals surface area contributed by atoms with E-state index in [0.29, 0.717) is 13.2 Å². The normalized spacial score (nSPS) is 12.1. The summed E-state index contributed by atoms with van der Waals surface area (Å²) in [5, 5.41) is 8.45. The second-order valence-electron chi connectivity index (χ2n) is 6.46. The van der Waals surface area contributed by atoms with Crippen LogP contribution in [0.2, 0.25) is 0 Å². The number of pyridine rings is 1. The molecule has 0 spiro atoms. The van der Waals surface area contributed by atoms with Crippen molar-refractivity contribution in [2.45, 2.75) is 19.4 Å². The van der Waals surface area contributed by atoms with E-state index in [1.807, 2.05) is 61.7 Å². The lowest BCUT2D eigenvalue weighted by Crippen LogP contribution is -2.30. The summed E-state index contributed by atoms with van der Waals surface area (Å²) < 4.78 is 5.16. The van der Waals surface area contributed by atoms with Gasteiger partial charge in [-0.25, -0.2) is 0 Å². The molecule has 2 aromatic carbocycles. The summed E-state index contributed by atoms with van der Waals surface area (Å²) in [5.74, 6) is -0.293. The lowest BCUT2D eigenvalue weighted by atomic mass is 9.96. The zero-order valence-electron chi connectivity index (χ0n) is 15.7. The summed E-state index contributed by atoms with van der Waals surface area (Å²) >= 11 is 0. The fraction of sp³-hybridized carbons (Fsp3) is 0.273. The van der Waals surface area contributed by atoms with Crippen LogP contribution in [0.4, 0.5) is 5.69 Å². The smallest absolute Gasteiger partial charge is 0.233 e. The average molecular weight is 363 g/mol. The SMILES string of the molecule is CCNCC(C(=O)Nc1ccc2cnccc2c1)c1ccc(COC)cc1. The molecule has 1 heterocycles. The summed E-state index contributed by atoms with van der Waals surface area (Å²) in [4.78, 5) is 17.1. The molecule has 0 saturated carbocycles. The highest BCUT2D eigenvalue weighted by Gasteiger charge is 2.20. The molecule has 0 aliphatic carbocycles. The average Bonchev–Trinajstić information content (AvgIpc) is 2.69. The number of hydrogen-bond donors (Lipinski definition) is 2. The molecule has 3 aromatic rings. The predicted octanol–water partition coefficient (Wildman–Crippen LogP) is 3.71. The van der Waals surface area contributed by atoms with Gasteiger partial charge in [-0.3, -0.25) is 9.78 Å². The van der Waals surface area contributed by atoms with Gasteiger partial charge in [0.2, 0.25) is 5.91 Å². The molecular weight excluding hydrogens is 338 g/mol. The van der Waals surface area contributed by atoms with Crippen LogP contribution in [0.25, 0.3) is 10.8 Å². The van der Waals surface area contributed by atoms with E-state index in [9.17, 15) is 4.79 Å². The Morgan fingerprint density at radius 1 is 1.11 bits per heavy atom. The Labute approximate surface area is 159 Å². The first-order valence-electron chi connectivity index (χ1n) is 9.14. The van der Waals surface area contributed by atoms with Gasteiger partial charge in [0.05, 0.1) is 12.5 Å². The van der Waals surface area contributed by atoms with Crippen molar-refractivity contribution in [1.82, 2.24) is 10.3 Å². The minimum atomic E-state index is -0.269. The Bertz CT molecular complexity index is 893. The first-order chi connectivity index (χ1) is 13.2. The summed E-state index contributed by atoms with van der Waals surface area (Å²) in [7, 11) is 1.68. The number of aromatic nitrogens is 1. The zero-order chi connectivity index (χ0) is 19.1. The van der Waals surface area contributed by atoms with Crippen LogP contribution in [0.15, 0.2) is 60.9 Å². The van der Waals surface area contributed by atoms with Crippen LogP contribution in [0.5, 0.6) is 0 Å². The third-order valence-electron chi connectivity index (χ3n) is 4.52. The van der Waals surface area contributed by atoms with Gasteiger partial charge < -0.3 is 15.4 Å². The van der Waals surface area contributed by atoms with Crippen molar-refractivity contribution in [2.24, 2.45) is 0 Å². The molecule has 140 valence electrons. The van der Waals surface area contributed by atoms with Gasteiger partial charge in [0.1, 0.15) is 0 Å². The van der Waals surface area contributed by atoms with Gasteiger partial charge in [-0.05, 0) is 41.3 Å². The lowest BCUT2D eigenvalue weighted by Gasteiger charge is -2.18. The minimum absolute atomic E-state index is 0.0242. The molecule has 0 aliphatic rings. The van der Waals surface area contributed by atoms with Crippen LogP contribution in [0.1, 0.15) is 24.0 Å². The number of fused-ring (bicyclic) bond motifs is 1. The second kappa shape index (κ2) is 9.26. The van der Waals surface area contributed by atoms with Gasteiger partial charge in [-0.2, -0.15) is 0 Å². The van der Waals surface area contributed by atoms with E-state index >= 15 is 0 Å². The fourth-order valence-corrected chi connectivity index (χ4v) is 3.05. The maximum Gasteiger partial charge on any atom is 0.233 e. The molecule has 1 aromatic heterocycles. The Morgan fingerprint density at radius 3 is 2.67 bits per heavy atom. The van der Waals surface area contributed by atoms with Gasteiger partial charge in [0.25, 0.3) is 0 Å². The van der Waals surface area contributed by atoms with Crippen molar-refractivity contribution in [3.05, 3.63) is 72.1 Å². The van der Waals surface area contributed by atoms with E-state index < -0.39 is 0 Å². The van der Waals surface area contributed by atoms with Crippen molar-refractivity contribution < 1.29 is 9.53 Å². The topological polar surface area (TPSA) is 63.2 Å². The molecule has 2 N–H and O–H groups in total. The number of rotatable bonds is 8. The Morgan fingerprint density at radius 2 is 1.93 bits per heavy atom. The quantitative estimate of drug-likeness (QED) is 0.640. The fourth-order valence-electron chi connectivity index (χ4n) is 3.05. The summed E-state index contributed by atoms with van der Waals surface area (Å²) in [6, 6.07) is 15.8. The molecule has 27 heavy (non-hydrogen) atoms. The molecule has 0 bridgehead atoms. The molecule has 1 atom stereocenters. The van der Waals surface area contributed by atoms with Crippen LogP contribution < -0.4 is 10.6 Å². The maximum absolute atomic E-state index is 13.0. The van der Waals surface area contributed by atoms with Crippen LogP contribution in [0.3, 0.4) is 0 Å². The molecule has 3 rings (SSSR count). The molecule has 0 radical (unpaired) electrons. The number of ether oxygens (including phenoxy) is 1. The summed E-state index contributed by atoms with van der Waals surface area (Å²) in [5.41, 5.74) is 2.86. The molecule has 0 fully saturated rings. The molecule has 5 nitrogen and oxygen atoms in total. The number of benzene rings is 2. The lowest BCUT2D eigenvalue weighted by molar-refractivity contribution is -0.117. The molecule has 1 unspecified atom stereocenters. The van der Waals surface area contributed by atoms with E-state index in [0.717, 1.165) is 34.1 Å². The highest BCUT2D eigenvalue weighted by Crippen LogP contribution is 2.22. The van der Waals surface area contributed by atoms with Gasteiger partial charge in [-0.15, -0.1) is 0 Å². The maximum atomic E-state index is 13.0. The number of carbonyl (C=O) groups excluding carboxylic acids is 1. The number of amides is 1. The van der Waals surface area contributed by atoms with Gasteiger partial charge in [0, 0.05) is 37.1 Å². The van der Waals surface area contributed by atoms with Crippen LogP contribution in [-0.4, -0.2) is 31.1 Å². The Kier molecular flexibility index (Phi) is 6.52. The molecule has 0 saturated heterocycles. The number of likely N-dealkylation sites (N-methyl/N-ethyl adjacent to an activating group) is 1. The molecule has 5 heteroatoms. The number of anilines is 1. The zero-order valence-corrected chi connectivity index (χ0v) is 15.7. The van der Waals surface area contributed by atoms with Crippen molar-refractivity contribution >= 4 is 22.4 Å². The highest BCUT2D eigenvalue weighted by atomic mass is 16.5. The van der Waals surface area contributed by atoms with Gasteiger partial charge >= 0.3 is 0 Å².